The van der Waals surface area contributed by atoms with Gasteiger partial charge in [-0.05, 0) is 30.2 Å². The van der Waals surface area contributed by atoms with Gasteiger partial charge in [0, 0.05) is 41.5 Å². The Kier molecular flexibility index (Phi) is 4.61. The third-order valence-corrected chi connectivity index (χ3v) is 5.18. The predicted molar refractivity (Wildman–Crippen MR) is 87.5 cm³/mol. The number of rotatable bonds is 3. The maximum Gasteiger partial charge on any atom is 0.308 e. The number of ether oxygens (including phenoxy) is 1. The summed E-state index contributed by atoms with van der Waals surface area (Å²) in [7, 11) is 0. The molecule has 0 N–H and O–H groups in total. The molecular weight excluding hydrogens is 369 g/mol. The fraction of sp³-hybridized carbons (Fsp3) is 0.312. The zero-order valence-corrected chi connectivity index (χ0v) is 14.5. The molecule has 116 valence electrons. The Bertz CT molecular complexity index is 716. The highest BCUT2D eigenvalue weighted by Gasteiger charge is 2.21. The zero-order chi connectivity index (χ0) is 15.7. The van der Waals surface area contributed by atoms with Crippen molar-refractivity contribution in [3.8, 4) is 5.06 Å². The van der Waals surface area contributed by atoms with Gasteiger partial charge in [0.05, 0.1) is 0 Å². The smallest absolute Gasteiger partial charge is 0.308 e. The minimum atomic E-state index is -0.299. The fourth-order valence-electron chi connectivity index (χ4n) is 2.58. The fourth-order valence-corrected chi connectivity index (χ4v) is 3.97. The van der Waals surface area contributed by atoms with Crippen molar-refractivity contribution < 1.29 is 13.9 Å². The Balaban J connectivity index is 1.71. The number of hydrogen-bond acceptors (Lipinski definition) is 4. The second-order valence-corrected chi connectivity index (χ2v) is 7.32. The molecule has 1 aliphatic rings. The summed E-state index contributed by atoms with van der Waals surface area (Å²) in [6.45, 7) is 3.61. The van der Waals surface area contributed by atoms with Gasteiger partial charge in [0.15, 0.2) is 5.06 Å². The van der Waals surface area contributed by atoms with Crippen LogP contribution >= 0.6 is 27.3 Å². The molecule has 3 rings (SSSR count). The Morgan fingerprint density at radius 1 is 1.45 bits per heavy atom. The summed E-state index contributed by atoms with van der Waals surface area (Å²) in [6.07, 6.45) is 0.902. The van der Waals surface area contributed by atoms with E-state index in [0.29, 0.717) is 17.2 Å². The first-order valence-electron chi connectivity index (χ1n) is 6.97. The van der Waals surface area contributed by atoms with Gasteiger partial charge < -0.3 is 4.74 Å². The van der Waals surface area contributed by atoms with Crippen molar-refractivity contribution in [1.82, 2.24) is 4.90 Å². The molecule has 2 aromatic rings. The van der Waals surface area contributed by atoms with Gasteiger partial charge >= 0.3 is 5.97 Å². The van der Waals surface area contributed by atoms with Crippen molar-refractivity contribution in [3.63, 3.8) is 0 Å². The molecular formula is C16H15BrFNO2S. The molecule has 0 fully saturated rings. The molecule has 1 aromatic heterocycles. The number of thiophene rings is 1. The van der Waals surface area contributed by atoms with Crippen LogP contribution in [0.5, 0.6) is 5.06 Å². The second kappa shape index (κ2) is 6.48. The summed E-state index contributed by atoms with van der Waals surface area (Å²) in [5, 5.41) is 0.647. The SMILES string of the molecule is CC(=O)Oc1cc2c(s1)CCN(Cc1ccc(Br)cc1F)C2. The lowest BCUT2D eigenvalue weighted by Crippen LogP contribution is -2.29. The van der Waals surface area contributed by atoms with E-state index in [-0.39, 0.29) is 11.8 Å². The molecule has 0 unspecified atom stereocenters. The van der Waals surface area contributed by atoms with Crippen LogP contribution in [0.3, 0.4) is 0 Å². The molecule has 0 amide bonds. The van der Waals surface area contributed by atoms with Gasteiger partial charge in [-0.1, -0.05) is 22.0 Å². The maximum absolute atomic E-state index is 13.9. The lowest BCUT2D eigenvalue weighted by Gasteiger charge is -2.26. The van der Waals surface area contributed by atoms with Crippen LogP contribution in [0.1, 0.15) is 22.9 Å². The van der Waals surface area contributed by atoms with Crippen molar-refractivity contribution in [2.24, 2.45) is 0 Å². The van der Waals surface area contributed by atoms with E-state index in [1.807, 2.05) is 18.2 Å². The first kappa shape index (κ1) is 15.6. The van der Waals surface area contributed by atoms with Gasteiger partial charge in [-0.25, -0.2) is 4.39 Å². The highest BCUT2D eigenvalue weighted by Crippen LogP contribution is 2.34. The molecule has 2 heterocycles. The molecule has 0 spiro atoms. The van der Waals surface area contributed by atoms with Gasteiger partial charge in [0.25, 0.3) is 0 Å². The number of fused-ring (bicyclic) bond motifs is 1. The van der Waals surface area contributed by atoms with Crippen molar-refractivity contribution in [1.29, 1.82) is 0 Å². The third kappa shape index (κ3) is 3.56. The number of benzene rings is 1. The lowest BCUT2D eigenvalue weighted by atomic mass is 10.1. The highest BCUT2D eigenvalue weighted by atomic mass is 79.9. The molecule has 22 heavy (non-hydrogen) atoms. The molecule has 0 atom stereocenters. The lowest BCUT2D eigenvalue weighted by molar-refractivity contribution is -0.131. The Labute approximate surface area is 140 Å². The first-order valence-corrected chi connectivity index (χ1v) is 8.58. The normalized spacial score (nSPS) is 14.7. The predicted octanol–water partition coefficient (Wildman–Crippen LogP) is 4.13. The molecule has 0 aliphatic carbocycles. The summed E-state index contributed by atoms with van der Waals surface area (Å²) in [5.74, 6) is -0.488. The van der Waals surface area contributed by atoms with Crippen molar-refractivity contribution in [2.45, 2.75) is 26.4 Å². The summed E-state index contributed by atoms with van der Waals surface area (Å²) in [6, 6.07) is 7.09. The maximum atomic E-state index is 13.9. The minimum absolute atomic E-state index is 0.189. The summed E-state index contributed by atoms with van der Waals surface area (Å²) >= 11 is 4.80. The summed E-state index contributed by atoms with van der Waals surface area (Å²) < 4.78 is 19.8. The van der Waals surface area contributed by atoms with Crippen LogP contribution in [-0.4, -0.2) is 17.4 Å². The summed E-state index contributed by atoms with van der Waals surface area (Å²) in [5.41, 5.74) is 1.87. The molecule has 0 radical (unpaired) electrons. The molecule has 6 heteroatoms. The third-order valence-electron chi connectivity index (χ3n) is 3.58. The van der Waals surface area contributed by atoms with Gasteiger partial charge in [-0.15, -0.1) is 11.3 Å². The van der Waals surface area contributed by atoms with Crippen LogP contribution in [-0.2, 0) is 24.3 Å². The minimum Gasteiger partial charge on any atom is -0.416 e. The Morgan fingerprint density at radius 3 is 3.00 bits per heavy atom. The van der Waals surface area contributed by atoms with Crippen molar-refractivity contribution in [3.05, 3.63) is 50.6 Å². The number of esters is 1. The monoisotopic (exact) mass is 383 g/mol. The molecule has 0 saturated heterocycles. The first-order chi connectivity index (χ1) is 10.5. The highest BCUT2D eigenvalue weighted by molar-refractivity contribution is 9.10. The van der Waals surface area contributed by atoms with Gasteiger partial charge in [0.1, 0.15) is 5.82 Å². The van der Waals surface area contributed by atoms with E-state index in [9.17, 15) is 9.18 Å². The Hall–Kier alpha value is -1.24. The number of carbonyl (C=O) groups excluding carboxylic acids is 1. The summed E-state index contributed by atoms with van der Waals surface area (Å²) in [4.78, 5) is 14.5. The van der Waals surface area contributed by atoms with Crippen LogP contribution in [0.25, 0.3) is 0 Å². The second-order valence-electron chi connectivity index (χ2n) is 5.30. The van der Waals surface area contributed by atoms with Gasteiger partial charge in [0.2, 0.25) is 0 Å². The van der Waals surface area contributed by atoms with Gasteiger partial charge in [-0.3, -0.25) is 9.69 Å². The van der Waals surface area contributed by atoms with Gasteiger partial charge in [-0.2, -0.15) is 0 Å². The van der Waals surface area contributed by atoms with Crippen LogP contribution < -0.4 is 4.74 Å². The number of hydrogen-bond donors (Lipinski definition) is 0. The van der Waals surface area contributed by atoms with E-state index in [4.69, 9.17) is 4.74 Å². The Morgan fingerprint density at radius 2 is 2.27 bits per heavy atom. The van der Waals surface area contributed by atoms with E-state index in [1.165, 1.54) is 34.8 Å². The molecule has 3 nitrogen and oxygen atoms in total. The number of halogens is 2. The van der Waals surface area contributed by atoms with Crippen LogP contribution in [0.2, 0.25) is 0 Å². The number of carbonyl (C=O) groups is 1. The average molecular weight is 384 g/mol. The zero-order valence-electron chi connectivity index (χ0n) is 12.1. The molecule has 1 aliphatic heterocycles. The van der Waals surface area contributed by atoms with E-state index in [1.54, 1.807) is 0 Å². The largest absolute Gasteiger partial charge is 0.416 e. The molecule has 1 aromatic carbocycles. The van der Waals surface area contributed by atoms with E-state index < -0.39 is 0 Å². The van der Waals surface area contributed by atoms with E-state index in [0.717, 1.165) is 24.0 Å². The van der Waals surface area contributed by atoms with Crippen LogP contribution in [0.15, 0.2) is 28.7 Å². The van der Waals surface area contributed by atoms with E-state index >= 15 is 0 Å². The van der Waals surface area contributed by atoms with Crippen LogP contribution in [0, 0.1) is 5.82 Å². The average Bonchev–Trinajstić information content (AvgIpc) is 2.82. The standard InChI is InChI=1S/C16H15BrFNO2S/c1-10(20)21-16-6-12-9-19(5-4-15(12)22-16)8-11-2-3-13(17)7-14(11)18/h2-3,6-7H,4-5,8-9H2,1H3. The quantitative estimate of drug-likeness (QED) is 0.746. The van der Waals surface area contributed by atoms with Crippen LogP contribution in [0.4, 0.5) is 4.39 Å². The van der Waals surface area contributed by atoms with Crippen molar-refractivity contribution >= 4 is 33.2 Å². The van der Waals surface area contributed by atoms with Crippen molar-refractivity contribution in [2.75, 3.05) is 6.54 Å². The topological polar surface area (TPSA) is 29.5 Å². The van der Waals surface area contributed by atoms with E-state index in [2.05, 4.69) is 20.8 Å². The molecule has 0 saturated carbocycles. The number of nitrogens with zero attached hydrogens (tertiary/aromatic N) is 1. The molecule has 0 bridgehead atoms.